The maximum absolute atomic E-state index is 10.8. The van der Waals surface area contributed by atoms with E-state index in [4.69, 9.17) is 28.3 Å². The lowest BCUT2D eigenvalue weighted by Gasteiger charge is -2.27. The van der Waals surface area contributed by atoms with Gasteiger partial charge in [-0.3, -0.25) is 4.79 Å². The molecular weight excluding hydrogens is 237 g/mol. The summed E-state index contributed by atoms with van der Waals surface area (Å²) < 4.78 is 0. The van der Waals surface area contributed by atoms with E-state index >= 15 is 0 Å². The van der Waals surface area contributed by atoms with Crippen molar-refractivity contribution in [3.05, 3.63) is 10.6 Å². The standard InChI is InChI=1S/C10H15Cl2NO2/c11-5-8(12)6-13-9-3-1-2-7(4-9)10(14)15/h5,7,9,13H,1-4,6H2,(H,14,15). The van der Waals surface area contributed by atoms with Crippen LogP contribution in [0.25, 0.3) is 0 Å². The maximum atomic E-state index is 10.8. The lowest BCUT2D eigenvalue weighted by Crippen LogP contribution is -2.36. The quantitative estimate of drug-likeness (QED) is 0.808. The molecule has 0 amide bonds. The fourth-order valence-electron chi connectivity index (χ4n) is 1.88. The Morgan fingerprint density at radius 1 is 1.53 bits per heavy atom. The fourth-order valence-corrected chi connectivity index (χ4v) is 2.03. The van der Waals surface area contributed by atoms with E-state index in [-0.39, 0.29) is 12.0 Å². The summed E-state index contributed by atoms with van der Waals surface area (Å²) in [5.74, 6) is -0.907. The molecule has 2 atom stereocenters. The van der Waals surface area contributed by atoms with E-state index in [1.807, 2.05) is 0 Å². The number of rotatable bonds is 4. The predicted molar refractivity (Wildman–Crippen MR) is 61.2 cm³/mol. The number of hydrogen-bond donors (Lipinski definition) is 2. The summed E-state index contributed by atoms with van der Waals surface area (Å²) in [5, 5.41) is 12.7. The molecule has 86 valence electrons. The van der Waals surface area contributed by atoms with Gasteiger partial charge in [-0.15, -0.1) is 0 Å². The highest BCUT2D eigenvalue weighted by Crippen LogP contribution is 2.24. The first-order chi connectivity index (χ1) is 7.13. The van der Waals surface area contributed by atoms with Crippen molar-refractivity contribution in [1.29, 1.82) is 0 Å². The van der Waals surface area contributed by atoms with E-state index in [1.54, 1.807) is 0 Å². The van der Waals surface area contributed by atoms with Crippen molar-refractivity contribution < 1.29 is 9.90 Å². The van der Waals surface area contributed by atoms with E-state index in [0.29, 0.717) is 18.0 Å². The topological polar surface area (TPSA) is 49.3 Å². The summed E-state index contributed by atoms with van der Waals surface area (Å²) in [6.07, 6.45) is 3.43. The SMILES string of the molecule is O=C(O)C1CCCC(NCC(Cl)=CCl)C1. The lowest BCUT2D eigenvalue weighted by atomic mass is 9.86. The monoisotopic (exact) mass is 251 g/mol. The summed E-state index contributed by atoms with van der Waals surface area (Å²) in [7, 11) is 0. The van der Waals surface area contributed by atoms with Gasteiger partial charge in [-0.1, -0.05) is 29.6 Å². The second-order valence-corrected chi connectivity index (χ2v) is 4.54. The van der Waals surface area contributed by atoms with E-state index in [9.17, 15) is 4.79 Å². The molecule has 15 heavy (non-hydrogen) atoms. The Morgan fingerprint density at radius 3 is 2.87 bits per heavy atom. The van der Waals surface area contributed by atoms with Gasteiger partial charge in [0.15, 0.2) is 0 Å². The van der Waals surface area contributed by atoms with Crippen molar-refractivity contribution >= 4 is 29.2 Å². The molecule has 2 N–H and O–H groups in total. The first-order valence-electron chi connectivity index (χ1n) is 5.04. The van der Waals surface area contributed by atoms with Crippen LogP contribution in [0.5, 0.6) is 0 Å². The summed E-state index contributed by atoms with van der Waals surface area (Å²) in [6.45, 7) is 0.516. The molecular formula is C10H15Cl2NO2. The summed E-state index contributed by atoms with van der Waals surface area (Å²) in [5.41, 5.74) is 1.33. The van der Waals surface area contributed by atoms with Gasteiger partial charge < -0.3 is 10.4 Å². The molecule has 0 aliphatic heterocycles. The Labute approximate surface area is 99.4 Å². The molecule has 0 saturated heterocycles. The second kappa shape index (κ2) is 6.36. The molecule has 0 heterocycles. The van der Waals surface area contributed by atoms with E-state index in [2.05, 4.69) is 5.32 Å². The second-order valence-electron chi connectivity index (χ2n) is 3.84. The third-order valence-corrected chi connectivity index (χ3v) is 3.32. The Kier molecular flexibility index (Phi) is 5.43. The molecule has 1 rings (SSSR count). The average Bonchev–Trinajstić information content (AvgIpc) is 2.26. The van der Waals surface area contributed by atoms with Gasteiger partial charge in [-0.25, -0.2) is 0 Å². The smallest absolute Gasteiger partial charge is 0.306 e. The minimum Gasteiger partial charge on any atom is -0.481 e. The molecule has 0 bridgehead atoms. The van der Waals surface area contributed by atoms with Gasteiger partial charge >= 0.3 is 5.97 Å². The van der Waals surface area contributed by atoms with Crippen LogP contribution >= 0.6 is 23.2 Å². The largest absolute Gasteiger partial charge is 0.481 e. The number of carboxylic acids is 1. The summed E-state index contributed by atoms with van der Waals surface area (Å²) in [6, 6.07) is 0.241. The first kappa shape index (κ1) is 12.8. The van der Waals surface area contributed by atoms with Crippen LogP contribution in [0.2, 0.25) is 0 Å². The summed E-state index contributed by atoms with van der Waals surface area (Å²) in [4.78, 5) is 10.8. The highest BCUT2D eigenvalue weighted by atomic mass is 35.5. The number of halogens is 2. The van der Waals surface area contributed by atoms with Gasteiger partial charge in [0.1, 0.15) is 0 Å². The van der Waals surface area contributed by atoms with Crippen LogP contribution < -0.4 is 5.32 Å². The van der Waals surface area contributed by atoms with Gasteiger partial charge in [0.05, 0.1) is 5.92 Å². The van der Waals surface area contributed by atoms with Crippen molar-refractivity contribution in [3.8, 4) is 0 Å². The Morgan fingerprint density at radius 2 is 2.27 bits per heavy atom. The lowest BCUT2D eigenvalue weighted by molar-refractivity contribution is -0.143. The number of aliphatic carboxylic acids is 1. The Balaban J connectivity index is 2.33. The molecule has 0 spiro atoms. The third-order valence-electron chi connectivity index (χ3n) is 2.70. The Hall–Kier alpha value is -0.250. The van der Waals surface area contributed by atoms with Gasteiger partial charge in [0.25, 0.3) is 0 Å². The van der Waals surface area contributed by atoms with Crippen LogP contribution in [-0.4, -0.2) is 23.7 Å². The number of carboxylic acid groups (broad SMARTS) is 1. The first-order valence-corrected chi connectivity index (χ1v) is 5.86. The minimum absolute atomic E-state index is 0.213. The average molecular weight is 252 g/mol. The van der Waals surface area contributed by atoms with Gasteiger partial charge in [-0.05, 0) is 19.3 Å². The van der Waals surface area contributed by atoms with Gasteiger partial charge in [-0.2, -0.15) is 0 Å². The number of nitrogens with one attached hydrogen (secondary N) is 1. The highest BCUT2D eigenvalue weighted by molar-refractivity contribution is 6.36. The fraction of sp³-hybridized carbons (Fsp3) is 0.700. The zero-order valence-electron chi connectivity index (χ0n) is 8.38. The van der Waals surface area contributed by atoms with Crippen LogP contribution in [0.15, 0.2) is 10.6 Å². The van der Waals surface area contributed by atoms with Crippen molar-refractivity contribution in [2.45, 2.75) is 31.7 Å². The van der Waals surface area contributed by atoms with Crippen LogP contribution in [0, 0.1) is 5.92 Å². The number of carbonyl (C=O) groups is 1. The molecule has 2 unspecified atom stereocenters. The molecule has 1 fully saturated rings. The van der Waals surface area contributed by atoms with Crippen LogP contribution in [-0.2, 0) is 4.79 Å². The van der Waals surface area contributed by atoms with Gasteiger partial charge in [0.2, 0.25) is 0 Å². The van der Waals surface area contributed by atoms with Crippen molar-refractivity contribution in [2.75, 3.05) is 6.54 Å². The predicted octanol–water partition coefficient (Wildman–Crippen LogP) is 2.54. The molecule has 3 nitrogen and oxygen atoms in total. The van der Waals surface area contributed by atoms with E-state index in [1.165, 1.54) is 5.54 Å². The molecule has 0 radical (unpaired) electrons. The zero-order valence-corrected chi connectivity index (χ0v) is 9.89. The normalized spacial score (nSPS) is 27.7. The Bertz CT molecular complexity index is 256. The molecule has 0 aromatic carbocycles. The van der Waals surface area contributed by atoms with Crippen molar-refractivity contribution in [2.24, 2.45) is 5.92 Å². The van der Waals surface area contributed by atoms with Crippen LogP contribution in [0.3, 0.4) is 0 Å². The molecule has 0 aromatic heterocycles. The molecule has 1 aliphatic carbocycles. The molecule has 5 heteroatoms. The van der Waals surface area contributed by atoms with Crippen molar-refractivity contribution in [1.82, 2.24) is 5.32 Å². The molecule has 1 aliphatic rings. The third kappa shape index (κ3) is 4.41. The van der Waals surface area contributed by atoms with Crippen LogP contribution in [0.1, 0.15) is 25.7 Å². The number of hydrogen-bond acceptors (Lipinski definition) is 2. The van der Waals surface area contributed by atoms with Gasteiger partial charge in [0, 0.05) is 23.2 Å². The molecule has 1 saturated carbocycles. The van der Waals surface area contributed by atoms with Crippen molar-refractivity contribution in [3.63, 3.8) is 0 Å². The molecule has 0 aromatic rings. The van der Waals surface area contributed by atoms with Crippen LogP contribution in [0.4, 0.5) is 0 Å². The van der Waals surface area contributed by atoms with E-state index < -0.39 is 5.97 Å². The summed E-state index contributed by atoms with van der Waals surface area (Å²) >= 11 is 11.2. The highest BCUT2D eigenvalue weighted by Gasteiger charge is 2.26. The zero-order chi connectivity index (χ0) is 11.3. The maximum Gasteiger partial charge on any atom is 0.306 e. The van der Waals surface area contributed by atoms with E-state index in [0.717, 1.165) is 19.3 Å². The minimum atomic E-state index is -0.694.